The fourth-order valence-corrected chi connectivity index (χ4v) is 10.4. The van der Waals surface area contributed by atoms with Crippen LogP contribution >= 0.6 is 0 Å². The number of anilines is 1. The summed E-state index contributed by atoms with van der Waals surface area (Å²) in [4.78, 5) is 4.38. The Labute approximate surface area is 295 Å². The van der Waals surface area contributed by atoms with E-state index in [4.69, 9.17) is 16.2 Å². The van der Waals surface area contributed by atoms with Crippen LogP contribution in [0.2, 0.25) is 0 Å². The van der Waals surface area contributed by atoms with Crippen molar-refractivity contribution >= 4 is 15.8 Å². The van der Waals surface area contributed by atoms with Crippen molar-refractivity contribution in [1.29, 1.82) is 0 Å². The molecule has 6 unspecified atom stereocenters. The maximum atomic E-state index is 13.6. The Morgan fingerprint density at radius 2 is 1.84 bits per heavy atom. The van der Waals surface area contributed by atoms with Gasteiger partial charge in [-0.2, -0.15) is 4.31 Å². The molecule has 7 nitrogen and oxygen atoms in total. The van der Waals surface area contributed by atoms with Gasteiger partial charge in [0.25, 0.3) is 0 Å². The molecule has 0 spiro atoms. The van der Waals surface area contributed by atoms with Crippen LogP contribution < -0.4 is 16.2 Å². The Kier molecular flexibility index (Phi) is 10.5. The third-order valence-electron chi connectivity index (χ3n) is 12.2. The van der Waals surface area contributed by atoms with Crippen LogP contribution in [0.1, 0.15) is 98.5 Å². The lowest BCUT2D eigenvalue weighted by Gasteiger charge is -2.36. The lowest BCUT2D eigenvalue weighted by Crippen LogP contribution is -2.40. The Hall–Kier alpha value is -2.94. The molecular weight excluding hydrogens is 629 g/mol. The summed E-state index contributed by atoms with van der Waals surface area (Å²) in [6.45, 7) is 15.1. The number of ether oxygens (including phenoxy) is 1. The van der Waals surface area contributed by atoms with Gasteiger partial charge in [0.1, 0.15) is 16.5 Å². The van der Waals surface area contributed by atoms with E-state index in [0.717, 1.165) is 54.0 Å². The van der Waals surface area contributed by atoms with Crippen molar-refractivity contribution in [3.63, 3.8) is 0 Å². The summed E-state index contributed by atoms with van der Waals surface area (Å²) in [6, 6.07) is 7.87. The summed E-state index contributed by atoms with van der Waals surface area (Å²) in [7, 11) is -3.83. The molecule has 0 radical (unpaired) electrons. The summed E-state index contributed by atoms with van der Waals surface area (Å²) in [5, 5.41) is 0. The number of allylic oxidation sites excluding steroid dienone is 6. The number of hydrogen-bond acceptors (Lipinski definition) is 6. The van der Waals surface area contributed by atoms with Crippen molar-refractivity contribution in [3.8, 4) is 16.9 Å². The lowest BCUT2D eigenvalue weighted by atomic mass is 9.69. The number of hydrogen-bond donors (Lipinski definition) is 2. The van der Waals surface area contributed by atoms with Crippen LogP contribution in [-0.2, 0) is 16.4 Å². The average Bonchev–Trinajstić information content (AvgIpc) is 3.46. The predicted octanol–water partition coefficient (Wildman–Crippen LogP) is 8.47. The molecule has 0 bridgehead atoms. The van der Waals surface area contributed by atoms with Crippen LogP contribution in [0.5, 0.6) is 5.75 Å². The third-order valence-corrected chi connectivity index (χ3v) is 14.1. The van der Waals surface area contributed by atoms with Crippen LogP contribution in [0.15, 0.2) is 69.8 Å². The minimum atomic E-state index is -3.83. The van der Waals surface area contributed by atoms with Crippen LogP contribution in [0.4, 0.5) is 5.82 Å². The first-order valence-electron chi connectivity index (χ1n) is 18.7. The number of nitrogens with two attached hydrogens (primary N) is 2. The maximum absolute atomic E-state index is 13.6. The summed E-state index contributed by atoms with van der Waals surface area (Å²) >= 11 is 0. The Balaban J connectivity index is 1.28. The molecule has 2 aromatic rings. The molecule has 0 amide bonds. The first-order valence-corrected chi connectivity index (χ1v) is 20.2. The molecule has 6 atom stereocenters. The van der Waals surface area contributed by atoms with Crippen molar-refractivity contribution in [2.45, 2.75) is 110 Å². The quantitative estimate of drug-likeness (QED) is 0.283. The molecule has 1 aromatic heterocycles. The van der Waals surface area contributed by atoms with E-state index < -0.39 is 15.6 Å². The highest BCUT2D eigenvalue weighted by atomic mass is 32.2. The minimum absolute atomic E-state index is 0.0102. The number of rotatable bonds is 7. The van der Waals surface area contributed by atoms with Gasteiger partial charge >= 0.3 is 0 Å². The van der Waals surface area contributed by atoms with Crippen LogP contribution in [0, 0.1) is 29.6 Å². The molecule has 266 valence electrons. The molecule has 4 aliphatic rings. The molecule has 4 N–H and O–H groups in total. The van der Waals surface area contributed by atoms with E-state index >= 15 is 0 Å². The van der Waals surface area contributed by atoms with Gasteiger partial charge in [0, 0.05) is 30.4 Å². The minimum Gasteiger partial charge on any atom is -0.493 e. The van der Waals surface area contributed by atoms with Gasteiger partial charge < -0.3 is 16.2 Å². The average molecular weight is 687 g/mol. The maximum Gasteiger partial charge on any atom is 0.246 e. The second-order valence-electron chi connectivity index (χ2n) is 15.8. The van der Waals surface area contributed by atoms with Gasteiger partial charge in [-0.15, -0.1) is 0 Å². The van der Waals surface area contributed by atoms with Crippen molar-refractivity contribution in [2.75, 3.05) is 25.4 Å². The van der Waals surface area contributed by atoms with Gasteiger partial charge in [0.15, 0.2) is 0 Å². The van der Waals surface area contributed by atoms with Gasteiger partial charge in [-0.05, 0) is 135 Å². The first kappa shape index (κ1) is 35.9. The topological polar surface area (TPSA) is 112 Å². The molecule has 1 saturated carbocycles. The van der Waals surface area contributed by atoms with Crippen LogP contribution in [0.3, 0.4) is 0 Å². The lowest BCUT2D eigenvalue weighted by molar-refractivity contribution is 0.219. The summed E-state index contributed by atoms with van der Waals surface area (Å²) in [6.07, 6.45) is 16.4. The normalized spacial score (nSPS) is 29.8. The summed E-state index contributed by atoms with van der Waals surface area (Å²) in [5.41, 5.74) is 21.3. The number of nitrogen functional groups attached to an aromatic ring is 1. The Bertz CT molecular complexity index is 1760. The van der Waals surface area contributed by atoms with Crippen LogP contribution in [0.25, 0.3) is 11.1 Å². The molecule has 6 rings (SSSR count). The van der Waals surface area contributed by atoms with Crippen molar-refractivity contribution < 1.29 is 13.2 Å². The predicted molar refractivity (Wildman–Crippen MR) is 201 cm³/mol. The Morgan fingerprint density at radius 1 is 1.04 bits per heavy atom. The fourth-order valence-electron chi connectivity index (χ4n) is 8.70. The zero-order valence-corrected chi connectivity index (χ0v) is 31.4. The van der Waals surface area contributed by atoms with Gasteiger partial charge in [-0.1, -0.05) is 63.5 Å². The van der Waals surface area contributed by atoms with Gasteiger partial charge in [-0.25, -0.2) is 13.4 Å². The van der Waals surface area contributed by atoms with E-state index in [-0.39, 0.29) is 17.3 Å². The second kappa shape index (κ2) is 14.4. The number of fused-ring (bicyclic) bond motifs is 2. The first-order chi connectivity index (χ1) is 23.3. The smallest absolute Gasteiger partial charge is 0.246 e. The van der Waals surface area contributed by atoms with Gasteiger partial charge in [-0.3, -0.25) is 0 Å². The van der Waals surface area contributed by atoms with Crippen LogP contribution in [-0.4, -0.2) is 42.9 Å². The van der Waals surface area contributed by atoms with E-state index in [9.17, 15) is 8.42 Å². The molecule has 3 heterocycles. The molecule has 1 saturated heterocycles. The number of sulfonamides is 1. The van der Waals surface area contributed by atoms with Crippen molar-refractivity contribution in [3.05, 3.63) is 70.5 Å². The number of aromatic nitrogens is 1. The van der Waals surface area contributed by atoms with Gasteiger partial charge in [0.05, 0.1) is 6.61 Å². The van der Waals surface area contributed by atoms with Crippen molar-refractivity contribution in [1.82, 2.24) is 9.29 Å². The van der Waals surface area contributed by atoms with E-state index in [1.165, 1.54) is 30.0 Å². The highest BCUT2D eigenvalue weighted by Crippen LogP contribution is 2.46. The largest absolute Gasteiger partial charge is 0.493 e. The van der Waals surface area contributed by atoms with E-state index in [0.29, 0.717) is 43.2 Å². The summed E-state index contributed by atoms with van der Waals surface area (Å²) in [5.74, 6) is 3.66. The number of nitrogens with zero attached hydrogens (tertiary/aromatic N) is 2. The molecule has 2 aliphatic carbocycles. The highest BCUT2D eigenvalue weighted by molar-refractivity contribution is 7.89. The molecule has 8 heteroatoms. The SMILES string of the molecule is CCC1CCC2=C(CC3CCOc4ccc(-c5cnc(N)c(S(=O)(=O)N6CCC(C)(N)C6)c5)cc4CC3C)C(CC)C=CC(C)C(C)=C2C1. The van der Waals surface area contributed by atoms with E-state index in [2.05, 4.69) is 57.8 Å². The molecule has 1 aromatic carbocycles. The molecule has 2 aliphatic heterocycles. The second-order valence-corrected chi connectivity index (χ2v) is 17.7. The van der Waals surface area contributed by atoms with Crippen molar-refractivity contribution in [2.24, 2.45) is 35.3 Å². The fraction of sp³-hybridized carbons (Fsp3) is 0.585. The zero-order valence-electron chi connectivity index (χ0n) is 30.6. The number of benzene rings is 1. The molecule has 2 fully saturated rings. The van der Waals surface area contributed by atoms with Gasteiger partial charge in [0.2, 0.25) is 10.0 Å². The van der Waals surface area contributed by atoms with E-state index in [1.807, 2.05) is 19.1 Å². The number of pyridine rings is 1. The summed E-state index contributed by atoms with van der Waals surface area (Å²) < 4.78 is 35.2. The standard InChI is InChI=1S/C41H58N4O3S/c1-7-29-10-13-35-36(20-29)28(5)26(3)9-11-30(8-2)37(35)22-31-15-18-48-38-14-12-32(21-33(38)19-27(31)4)34-23-39(40(42)44-24-34)49(46,47)45-17-16-41(6,43)25-45/h9,11-12,14,21,23-24,26-27,29-31H,7-8,10,13,15-20,22,25,43H2,1-6H3,(H2,42,44). The monoisotopic (exact) mass is 686 g/mol. The molecular formula is C41H58N4O3S. The molecule has 49 heavy (non-hydrogen) atoms. The van der Waals surface area contributed by atoms with E-state index in [1.54, 1.807) is 34.6 Å². The highest BCUT2D eigenvalue weighted by Gasteiger charge is 2.39. The zero-order chi connectivity index (χ0) is 35.1. The Morgan fingerprint density at radius 3 is 2.55 bits per heavy atom. The third kappa shape index (κ3) is 7.43.